The molecule has 1 aliphatic rings. The van der Waals surface area contributed by atoms with Crippen LogP contribution in [0.3, 0.4) is 0 Å². The Hall–Kier alpha value is -2.66. The minimum atomic E-state index is -4.05. The van der Waals surface area contributed by atoms with E-state index in [0.717, 1.165) is 10.1 Å². The van der Waals surface area contributed by atoms with Crippen LogP contribution in [0.4, 0.5) is 0 Å². The maximum Gasteiger partial charge on any atom is 0.374 e. The fourth-order valence-electron chi connectivity index (χ4n) is 3.23. The van der Waals surface area contributed by atoms with E-state index in [-0.39, 0.29) is 29.9 Å². The summed E-state index contributed by atoms with van der Waals surface area (Å²) >= 11 is 0. The molecule has 0 saturated carbocycles. The average molecular weight is 424 g/mol. The van der Waals surface area contributed by atoms with Crippen LogP contribution in [0.5, 0.6) is 0 Å². The second kappa shape index (κ2) is 8.78. The summed E-state index contributed by atoms with van der Waals surface area (Å²) in [6.45, 7) is 2.34. The molecule has 11 heteroatoms. The van der Waals surface area contributed by atoms with E-state index in [0.29, 0.717) is 25.8 Å². The van der Waals surface area contributed by atoms with Gasteiger partial charge in [0.25, 0.3) is 10.0 Å². The van der Waals surface area contributed by atoms with Crippen LogP contribution in [-0.2, 0) is 33.0 Å². The minimum Gasteiger partial charge on any atom is -0.460 e. The maximum atomic E-state index is 12.9. The van der Waals surface area contributed by atoms with E-state index in [1.807, 2.05) is 17.8 Å². The van der Waals surface area contributed by atoms with Gasteiger partial charge in [0.05, 0.1) is 6.61 Å². The van der Waals surface area contributed by atoms with Crippen LogP contribution in [0.1, 0.15) is 36.1 Å². The van der Waals surface area contributed by atoms with E-state index < -0.39 is 22.0 Å². The highest BCUT2D eigenvalue weighted by atomic mass is 32.2. The van der Waals surface area contributed by atoms with Gasteiger partial charge in [-0.3, -0.25) is 4.79 Å². The summed E-state index contributed by atoms with van der Waals surface area (Å²) < 4.78 is 38.9. The number of imidazole rings is 1. The van der Waals surface area contributed by atoms with Crippen molar-refractivity contribution in [1.29, 1.82) is 0 Å². The number of rotatable bonds is 8. The number of carbonyl (C=O) groups is 2. The van der Waals surface area contributed by atoms with Crippen LogP contribution in [-0.4, -0.2) is 59.9 Å². The van der Waals surface area contributed by atoms with E-state index in [9.17, 15) is 18.0 Å². The number of sulfonamides is 1. The molecule has 3 rings (SSSR count). The lowest BCUT2D eigenvalue weighted by atomic mass is 10.2. The first-order chi connectivity index (χ1) is 13.8. The Bertz CT molecular complexity index is 980. The Balaban J connectivity index is 1.66. The molecule has 29 heavy (non-hydrogen) atoms. The maximum absolute atomic E-state index is 12.9. The lowest BCUT2D eigenvalue weighted by Gasteiger charge is -2.22. The van der Waals surface area contributed by atoms with Gasteiger partial charge < -0.3 is 19.0 Å². The van der Waals surface area contributed by atoms with Crippen molar-refractivity contribution < 1.29 is 27.2 Å². The Morgan fingerprint density at radius 3 is 2.86 bits per heavy atom. The number of nitrogens with zero attached hydrogens (tertiary/aromatic N) is 3. The highest BCUT2D eigenvalue weighted by Gasteiger charge is 2.41. The SMILES string of the molecule is CCOC(=O)c1ccc(S(=O)(=O)N2CCCC2C(=O)NCCc2nccn2C)o1. The van der Waals surface area contributed by atoms with Crippen LogP contribution >= 0.6 is 0 Å². The number of furan rings is 1. The number of amides is 1. The van der Waals surface area contributed by atoms with Gasteiger partial charge in [-0.1, -0.05) is 0 Å². The summed E-state index contributed by atoms with van der Waals surface area (Å²) in [5.74, 6) is -0.472. The number of hydrogen-bond donors (Lipinski definition) is 1. The molecule has 1 aliphatic heterocycles. The molecule has 1 fully saturated rings. The Kier molecular flexibility index (Phi) is 6.38. The van der Waals surface area contributed by atoms with Crippen molar-refractivity contribution >= 4 is 21.9 Å². The first-order valence-electron chi connectivity index (χ1n) is 9.37. The zero-order valence-electron chi connectivity index (χ0n) is 16.3. The van der Waals surface area contributed by atoms with E-state index in [2.05, 4.69) is 10.3 Å². The summed E-state index contributed by atoms with van der Waals surface area (Å²) in [6.07, 6.45) is 5.00. The summed E-state index contributed by atoms with van der Waals surface area (Å²) in [5, 5.41) is 2.40. The van der Waals surface area contributed by atoms with Crippen LogP contribution in [0.2, 0.25) is 0 Å². The van der Waals surface area contributed by atoms with Gasteiger partial charge >= 0.3 is 5.97 Å². The van der Waals surface area contributed by atoms with E-state index >= 15 is 0 Å². The molecule has 1 amide bonds. The monoisotopic (exact) mass is 424 g/mol. The molecule has 1 unspecified atom stereocenters. The zero-order valence-corrected chi connectivity index (χ0v) is 17.1. The normalized spacial score (nSPS) is 17.4. The largest absolute Gasteiger partial charge is 0.460 e. The summed E-state index contributed by atoms with van der Waals surface area (Å²) in [5.41, 5.74) is 0. The van der Waals surface area contributed by atoms with E-state index in [1.54, 1.807) is 13.1 Å². The van der Waals surface area contributed by atoms with Crippen molar-refractivity contribution in [3.05, 3.63) is 36.1 Å². The van der Waals surface area contributed by atoms with Crippen molar-refractivity contribution in [2.45, 2.75) is 37.3 Å². The standard InChI is InChI=1S/C18H24N4O6S/c1-3-27-18(24)14-6-7-16(28-14)29(25,26)22-11-4-5-13(22)17(23)20-9-8-15-19-10-12-21(15)2/h6-7,10,12-13H,3-5,8-9,11H2,1-2H3,(H,20,23). The number of ether oxygens (including phenoxy) is 1. The average Bonchev–Trinajstić information content (AvgIpc) is 3.43. The van der Waals surface area contributed by atoms with Crippen molar-refractivity contribution in [1.82, 2.24) is 19.2 Å². The van der Waals surface area contributed by atoms with Gasteiger partial charge in [-0.2, -0.15) is 4.31 Å². The second-order valence-electron chi connectivity index (χ2n) is 6.61. The highest BCUT2D eigenvalue weighted by molar-refractivity contribution is 7.89. The number of aromatic nitrogens is 2. The third kappa shape index (κ3) is 4.51. The van der Waals surface area contributed by atoms with Gasteiger partial charge in [-0.05, 0) is 31.9 Å². The molecule has 3 heterocycles. The molecular weight excluding hydrogens is 400 g/mol. The Labute approximate surface area is 168 Å². The molecule has 1 saturated heterocycles. The van der Waals surface area contributed by atoms with Crippen LogP contribution in [0.15, 0.2) is 34.0 Å². The molecule has 2 aromatic heterocycles. The van der Waals surface area contributed by atoms with Gasteiger partial charge in [-0.15, -0.1) is 0 Å². The van der Waals surface area contributed by atoms with Crippen molar-refractivity contribution in [3.63, 3.8) is 0 Å². The molecule has 0 spiro atoms. The molecular formula is C18H24N4O6S. The van der Waals surface area contributed by atoms with Crippen molar-refractivity contribution in [3.8, 4) is 0 Å². The lowest BCUT2D eigenvalue weighted by molar-refractivity contribution is -0.124. The molecule has 2 aromatic rings. The second-order valence-corrected chi connectivity index (χ2v) is 8.43. The van der Waals surface area contributed by atoms with E-state index in [4.69, 9.17) is 9.15 Å². The number of hydrogen-bond acceptors (Lipinski definition) is 7. The predicted octanol–water partition coefficient (Wildman–Crippen LogP) is 0.702. The third-order valence-corrected chi connectivity index (χ3v) is 6.48. The first-order valence-corrected chi connectivity index (χ1v) is 10.8. The number of carbonyl (C=O) groups excluding carboxylic acids is 2. The van der Waals surface area contributed by atoms with Crippen LogP contribution in [0.25, 0.3) is 0 Å². The van der Waals surface area contributed by atoms with Gasteiger partial charge in [0.15, 0.2) is 0 Å². The smallest absolute Gasteiger partial charge is 0.374 e. The molecule has 0 radical (unpaired) electrons. The first kappa shape index (κ1) is 21.1. The van der Waals surface area contributed by atoms with Gasteiger partial charge in [0, 0.05) is 39.0 Å². The van der Waals surface area contributed by atoms with Crippen molar-refractivity contribution in [2.24, 2.45) is 7.05 Å². The molecule has 158 valence electrons. The summed E-state index contributed by atoms with van der Waals surface area (Å²) in [4.78, 5) is 28.5. The Morgan fingerprint density at radius 2 is 2.17 bits per heavy atom. The molecule has 10 nitrogen and oxygen atoms in total. The number of nitrogens with one attached hydrogen (secondary N) is 1. The molecule has 1 N–H and O–H groups in total. The fourth-order valence-corrected chi connectivity index (χ4v) is 4.80. The molecule has 0 bridgehead atoms. The molecule has 0 aliphatic carbocycles. The van der Waals surface area contributed by atoms with Crippen LogP contribution in [0, 0.1) is 0 Å². The quantitative estimate of drug-likeness (QED) is 0.619. The molecule has 0 aromatic carbocycles. The van der Waals surface area contributed by atoms with Gasteiger partial charge in [-0.25, -0.2) is 18.2 Å². The lowest BCUT2D eigenvalue weighted by Crippen LogP contribution is -2.46. The van der Waals surface area contributed by atoms with E-state index in [1.165, 1.54) is 12.1 Å². The topological polar surface area (TPSA) is 124 Å². The summed E-state index contributed by atoms with van der Waals surface area (Å²) in [6, 6.07) is 1.64. The highest BCUT2D eigenvalue weighted by Crippen LogP contribution is 2.27. The van der Waals surface area contributed by atoms with Gasteiger partial charge in [0.1, 0.15) is 11.9 Å². The fraction of sp³-hybridized carbons (Fsp3) is 0.500. The minimum absolute atomic E-state index is 0.147. The van der Waals surface area contributed by atoms with Crippen molar-refractivity contribution in [2.75, 3.05) is 19.7 Å². The third-order valence-electron chi connectivity index (χ3n) is 4.70. The Morgan fingerprint density at radius 1 is 1.38 bits per heavy atom. The van der Waals surface area contributed by atoms with Gasteiger partial charge in [0.2, 0.25) is 16.8 Å². The van der Waals surface area contributed by atoms with Crippen LogP contribution < -0.4 is 5.32 Å². The zero-order chi connectivity index (χ0) is 21.0. The number of esters is 1. The predicted molar refractivity (Wildman–Crippen MR) is 102 cm³/mol. The number of aryl methyl sites for hydroxylation is 1. The molecule has 1 atom stereocenters. The summed E-state index contributed by atoms with van der Waals surface area (Å²) in [7, 11) is -2.19.